The molecule has 5 heteroatoms. The van der Waals surface area contributed by atoms with E-state index in [2.05, 4.69) is 11.6 Å². The average molecular weight is 292 g/mol. The van der Waals surface area contributed by atoms with Crippen LogP contribution in [0.4, 0.5) is 0 Å². The van der Waals surface area contributed by atoms with Gasteiger partial charge in [0.1, 0.15) is 0 Å². The fraction of sp³-hybridized carbons (Fsp3) is 0.533. The molecule has 0 aliphatic heterocycles. The molecule has 20 heavy (non-hydrogen) atoms. The molecule has 1 fully saturated rings. The van der Waals surface area contributed by atoms with Crippen molar-refractivity contribution < 1.29 is 8.42 Å². The Hall–Kier alpha value is -1.38. The van der Waals surface area contributed by atoms with E-state index in [0.717, 1.165) is 6.42 Å². The van der Waals surface area contributed by atoms with Crippen molar-refractivity contribution in [1.82, 2.24) is 4.72 Å². The topological polar surface area (TPSA) is 70.0 Å². The third-order valence-electron chi connectivity index (χ3n) is 4.10. The van der Waals surface area contributed by atoms with E-state index in [1.807, 2.05) is 6.07 Å². The quantitative estimate of drug-likeness (QED) is 0.927. The van der Waals surface area contributed by atoms with Crippen molar-refractivity contribution in [2.45, 2.75) is 37.5 Å². The van der Waals surface area contributed by atoms with Crippen molar-refractivity contribution in [3.63, 3.8) is 0 Å². The predicted octanol–water partition coefficient (Wildman–Crippen LogP) is 2.66. The summed E-state index contributed by atoms with van der Waals surface area (Å²) in [6, 6.07) is 8.08. The zero-order valence-electron chi connectivity index (χ0n) is 11.7. The van der Waals surface area contributed by atoms with Crippen LogP contribution in [0.3, 0.4) is 0 Å². The summed E-state index contributed by atoms with van der Waals surface area (Å²) in [5, 5.41) is 8.83. The first-order valence-electron chi connectivity index (χ1n) is 7.03. The van der Waals surface area contributed by atoms with Gasteiger partial charge in [0.25, 0.3) is 0 Å². The Labute approximate surface area is 120 Å². The van der Waals surface area contributed by atoms with E-state index in [1.165, 1.54) is 31.4 Å². The van der Waals surface area contributed by atoms with Gasteiger partial charge < -0.3 is 0 Å². The van der Waals surface area contributed by atoms with Crippen LogP contribution in [0, 0.1) is 23.2 Å². The molecule has 0 radical (unpaired) electrons. The van der Waals surface area contributed by atoms with Gasteiger partial charge in [-0.2, -0.15) is 5.26 Å². The van der Waals surface area contributed by atoms with Crippen LogP contribution in [-0.2, 0) is 10.0 Å². The second kappa shape index (κ2) is 6.38. The standard InChI is InChI=1S/C15H20N2O2S/c1-12-5-2-3-7-14(12)11-17-20(18,19)15-8-4-6-13(9-15)10-16/h4,6,8-9,12,14,17H,2-3,5,7,11H2,1H3. The molecule has 1 aliphatic carbocycles. The van der Waals surface area contributed by atoms with Crippen molar-refractivity contribution >= 4 is 10.0 Å². The van der Waals surface area contributed by atoms with Gasteiger partial charge in [0.2, 0.25) is 10.0 Å². The normalized spacial score (nSPS) is 23.2. The van der Waals surface area contributed by atoms with Gasteiger partial charge in [-0.05, 0) is 36.5 Å². The van der Waals surface area contributed by atoms with Crippen LogP contribution < -0.4 is 4.72 Å². The van der Waals surface area contributed by atoms with E-state index in [0.29, 0.717) is 23.9 Å². The highest BCUT2D eigenvalue weighted by molar-refractivity contribution is 7.89. The van der Waals surface area contributed by atoms with Crippen LogP contribution in [0.5, 0.6) is 0 Å². The fourth-order valence-corrected chi connectivity index (χ4v) is 3.87. The number of nitrogens with zero attached hydrogens (tertiary/aromatic N) is 1. The van der Waals surface area contributed by atoms with Gasteiger partial charge in [-0.25, -0.2) is 13.1 Å². The number of nitriles is 1. The van der Waals surface area contributed by atoms with Crippen molar-refractivity contribution in [1.29, 1.82) is 5.26 Å². The number of benzene rings is 1. The molecule has 0 heterocycles. The molecule has 0 spiro atoms. The number of hydrogen-bond donors (Lipinski definition) is 1. The van der Waals surface area contributed by atoms with Gasteiger partial charge in [-0.3, -0.25) is 0 Å². The average Bonchev–Trinajstić information content (AvgIpc) is 2.46. The summed E-state index contributed by atoms with van der Waals surface area (Å²) < 4.78 is 27.1. The molecule has 0 aromatic heterocycles. The number of sulfonamides is 1. The summed E-state index contributed by atoms with van der Waals surface area (Å²) in [6.07, 6.45) is 4.69. The Kier molecular flexibility index (Phi) is 4.79. The summed E-state index contributed by atoms with van der Waals surface area (Å²) in [5.41, 5.74) is 0.360. The van der Waals surface area contributed by atoms with Crippen LogP contribution in [0.25, 0.3) is 0 Å². The van der Waals surface area contributed by atoms with Gasteiger partial charge in [-0.1, -0.05) is 32.3 Å². The minimum Gasteiger partial charge on any atom is -0.211 e. The molecule has 108 valence electrons. The SMILES string of the molecule is CC1CCCCC1CNS(=O)(=O)c1cccc(C#N)c1. The highest BCUT2D eigenvalue weighted by atomic mass is 32.2. The van der Waals surface area contributed by atoms with E-state index >= 15 is 0 Å². The number of hydrogen-bond acceptors (Lipinski definition) is 3. The molecule has 1 saturated carbocycles. The molecule has 0 saturated heterocycles. The monoisotopic (exact) mass is 292 g/mol. The predicted molar refractivity (Wildman–Crippen MR) is 77.5 cm³/mol. The van der Waals surface area contributed by atoms with Crippen molar-refractivity contribution in [3.05, 3.63) is 29.8 Å². The second-order valence-electron chi connectivity index (χ2n) is 5.51. The van der Waals surface area contributed by atoms with E-state index < -0.39 is 10.0 Å². The lowest BCUT2D eigenvalue weighted by Gasteiger charge is -2.28. The molecule has 0 amide bonds. The maximum Gasteiger partial charge on any atom is 0.240 e. The minimum absolute atomic E-state index is 0.167. The molecule has 1 aliphatic rings. The molecule has 1 aromatic rings. The van der Waals surface area contributed by atoms with Gasteiger partial charge in [0.15, 0.2) is 0 Å². The zero-order valence-corrected chi connectivity index (χ0v) is 12.5. The number of rotatable bonds is 4. The molecule has 2 unspecified atom stereocenters. The van der Waals surface area contributed by atoms with Gasteiger partial charge in [-0.15, -0.1) is 0 Å². The molecule has 2 atom stereocenters. The van der Waals surface area contributed by atoms with Gasteiger partial charge in [0.05, 0.1) is 16.5 Å². The minimum atomic E-state index is -3.52. The van der Waals surface area contributed by atoms with E-state index in [4.69, 9.17) is 5.26 Å². The Morgan fingerprint density at radius 1 is 1.35 bits per heavy atom. The van der Waals surface area contributed by atoms with Crippen molar-refractivity contribution in [2.24, 2.45) is 11.8 Å². The first-order chi connectivity index (χ1) is 9.53. The van der Waals surface area contributed by atoms with Gasteiger partial charge >= 0.3 is 0 Å². The largest absolute Gasteiger partial charge is 0.240 e. The zero-order chi connectivity index (χ0) is 14.6. The molecule has 4 nitrogen and oxygen atoms in total. The summed E-state index contributed by atoms with van der Waals surface area (Å²) >= 11 is 0. The van der Waals surface area contributed by atoms with Crippen LogP contribution in [0.1, 0.15) is 38.2 Å². The lowest BCUT2D eigenvalue weighted by atomic mass is 9.81. The first-order valence-corrected chi connectivity index (χ1v) is 8.51. The summed E-state index contributed by atoms with van der Waals surface area (Å²) in [7, 11) is -3.52. The molecular formula is C15H20N2O2S. The maximum atomic E-state index is 12.2. The van der Waals surface area contributed by atoms with Crippen LogP contribution in [0.15, 0.2) is 29.2 Å². The lowest BCUT2D eigenvalue weighted by Crippen LogP contribution is -2.33. The first kappa shape index (κ1) is 15.0. The molecule has 0 bridgehead atoms. The molecule has 2 rings (SSSR count). The fourth-order valence-electron chi connectivity index (χ4n) is 2.73. The lowest BCUT2D eigenvalue weighted by molar-refractivity contribution is 0.257. The third-order valence-corrected chi connectivity index (χ3v) is 5.52. The third kappa shape index (κ3) is 3.59. The molecular weight excluding hydrogens is 272 g/mol. The summed E-state index contributed by atoms with van der Waals surface area (Å²) in [5.74, 6) is 0.981. The van der Waals surface area contributed by atoms with E-state index in [-0.39, 0.29) is 4.90 Å². The highest BCUT2D eigenvalue weighted by Crippen LogP contribution is 2.29. The van der Waals surface area contributed by atoms with Crippen molar-refractivity contribution in [3.8, 4) is 6.07 Å². The Morgan fingerprint density at radius 2 is 2.10 bits per heavy atom. The maximum absolute atomic E-state index is 12.2. The van der Waals surface area contributed by atoms with Crippen molar-refractivity contribution in [2.75, 3.05) is 6.54 Å². The van der Waals surface area contributed by atoms with Gasteiger partial charge in [0, 0.05) is 6.54 Å². The smallest absolute Gasteiger partial charge is 0.211 e. The van der Waals surface area contributed by atoms with E-state index in [9.17, 15) is 8.42 Å². The second-order valence-corrected chi connectivity index (χ2v) is 7.28. The van der Waals surface area contributed by atoms with E-state index in [1.54, 1.807) is 12.1 Å². The van der Waals surface area contributed by atoms with Crippen LogP contribution >= 0.6 is 0 Å². The Morgan fingerprint density at radius 3 is 2.80 bits per heavy atom. The highest BCUT2D eigenvalue weighted by Gasteiger charge is 2.23. The summed E-state index contributed by atoms with van der Waals surface area (Å²) in [4.78, 5) is 0.167. The molecule has 1 N–H and O–H groups in total. The molecule has 1 aromatic carbocycles. The number of nitrogens with one attached hydrogen (secondary N) is 1. The van der Waals surface area contributed by atoms with Crippen LogP contribution in [0.2, 0.25) is 0 Å². The summed E-state index contributed by atoms with van der Waals surface area (Å²) in [6.45, 7) is 2.68. The van der Waals surface area contributed by atoms with Crippen LogP contribution in [-0.4, -0.2) is 15.0 Å². The Bertz CT molecular complexity index is 605. The Balaban J connectivity index is 2.05.